The molecule has 0 fully saturated rings. The second kappa shape index (κ2) is 9.79. The molecule has 0 spiro atoms. The molecule has 1 N–H and O–H groups in total. The fourth-order valence-corrected chi connectivity index (χ4v) is 2.94. The van der Waals surface area contributed by atoms with E-state index in [4.69, 9.17) is 16.3 Å². The summed E-state index contributed by atoms with van der Waals surface area (Å²) in [4.78, 5) is 23.1. The summed E-state index contributed by atoms with van der Waals surface area (Å²) >= 11 is 7.35. The largest absolute Gasteiger partial charge is 0.496 e. The first-order valence-corrected chi connectivity index (χ1v) is 8.88. The number of carbonyl (C=O) groups is 1. The monoisotopic (exact) mass is 393 g/mol. The minimum Gasteiger partial charge on any atom is -0.496 e. The molecule has 0 aromatic heterocycles. The highest BCUT2D eigenvalue weighted by atomic mass is 35.5. The Morgan fingerprint density at radius 1 is 1.35 bits per heavy atom. The predicted octanol–water partition coefficient (Wildman–Crippen LogP) is 3.89. The molecule has 2 rings (SSSR count). The van der Waals surface area contributed by atoms with Gasteiger partial charge in [0, 0.05) is 39.8 Å². The Morgan fingerprint density at radius 2 is 2.08 bits per heavy atom. The molecule has 0 aliphatic heterocycles. The average Bonchev–Trinajstić information content (AvgIpc) is 2.63. The van der Waals surface area contributed by atoms with Gasteiger partial charge in [-0.1, -0.05) is 11.6 Å². The number of rotatable bonds is 8. The zero-order chi connectivity index (χ0) is 18.9. The van der Waals surface area contributed by atoms with Crippen molar-refractivity contribution in [1.82, 2.24) is 5.43 Å². The number of carbonyl (C=O) groups excluding carboxylic acids is 1. The quantitative estimate of drug-likeness (QED) is 0.318. The highest BCUT2D eigenvalue weighted by molar-refractivity contribution is 7.99. The lowest BCUT2D eigenvalue weighted by Crippen LogP contribution is -2.17. The van der Waals surface area contributed by atoms with Crippen molar-refractivity contribution in [2.75, 3.05) is 12.9 Å². The Hall–Kier alpha value is -2.58. The van der Waals surface area contributed by atoms with Crippen LogP contribution < -0.4 is 10.2 Å². The van der Waals surface area contributed by atoms with Crippen molar-refractivity contribution in [2.45, 2.75) is 11.3 Å². The van der Waals surface area contributed by atoms with Crippen LogP contribution in [0.4, 0.5) is 5.69 Å². The molecule has 0 saturated heterocycles. The number of hydrogen-bond donors (Lipinski definition) is 1. The number of thioether (sulfide) groups is 1. The van der Waals surface area contributed by atoms with E-state index in [9.17, 15) is 14.9 Å². The number of benzene rings is 2. The summed E-state index contributed by atoms with van der Waals surface area (Å²) in [7, 11) is 1.45. The Bertz CT molecular complexity index is 812. The van der Waals surface area contributed by atoms with Gasteiger partial charge >= 0.3 is 0 Å². The molecule has 1 amide bonds. The Morgan fingerprint density at radius 3 is 2.73 bits per heavy atom. The molecule has 0 aliphatic rings. The summed E-state index contributed by atoms with van der Waals surface area (Å²) < 4.78 is 5.12. The van der Waals surface area contributed by atoms with E-state index in [1.165, 1.54) is 43.3 Å². The van der Waals surface area contributed by atoms with Crippen molar-refractivity contribution in [3.63, 3.8) is 0 Å². The maximum absolute atomic E-state index is 11.8. The fourth-order valence-electron chi connectivity index (χ4n) is 1.96. The molecule has 0 saturated carbocycles. The number of nitrogens with one attached hydrogen (secondary N) is 1. The lowest BCUT2D eigenvalue weighted by Gasteiger charge is -2.04. The van der Waals surface area contributed by atoms with Gasteiger partial charge in [0.1, 0.15) is 5.75 Å². The van der Waals surface area contributed by atoms with Gasteiger partial charge in [0.05, 0.1) is 18.2 Å². The van der Waals surface area contributed by atoms with Crippen molar-refractivity contribution in [1.29, 1.82) is 0 Å². The van der Waals surface area contributed by atoms with Gasteiger partial charge in [-0.15, -0.1) is 11.8 Å². The number of amides is 1. The first-order valence-electron chi connectivity index (χ1n) is 7.52. The molecular weight excluding hydrogens is 378 g/mol. The van der Waals surface area contributed by atoms with Crippen LogP contribution >= 0.6 is 23.4 Å². The maximum atomic E-state index is 11.8. The standard InChI is InChI=1S/C17H16ClN3O4S/c1-25-16-7-4-14(21(23)24)10-12(16)11-19-20-17(22)8-9-26-15-5-2-13(18)3-6-15/h2-7,10-11H,8-9H2,1H3,(H,20,22)/b19-11-. The Balaban J connectivity index is 1.85. The highest BCUT2D eigenvalue weighted by Gasteiger charge is 2.10. The van der Waals surface area contributed by atoms with Crippen LogP contribution in [0.2, 0.25) is 5.02 Å². The van der Waals surface area contributed by atoms with E-state index in [-0.39, 0.29) is 18.0 Å². The van der Waals surface area contributed by atoms with Crippen molar-refractivity contribution in [3.05, 3.63) is 63.2 Å². The van der Waals surface area contributed by atoms with Crippen LogP contribution in [0.25, 0.3) is 0 Å². The normalized spacial score (nSPS) is 10.7. The third-order valence-corrected chi connectivity index (χ3v) is 4.49. The van der Waals surface area contributed by atoms with Gasteiger partial charge in [0.15, 0.2) is 0 Å². The summed E-state index contributed by atoms with van der Waals surface area (Å²) in [5, 5.41) is 15.3. The molecule has 0 aliphatic carbocycles. The second-order valence-electron chi connectivity index (χ2n) is 5.03. The zero-order valence-corrected chi connectivity index (χ0v) is 15.4. The summed E-state index contributed by atoms with van der Waals surface area (Å²) in [5.74, 6) is 0.752. The predicted molar refractivity (Wildman–Crippen MR) is 102 cm³/mol. The summed E-state index contributed by atoms with van der Waals surface area (Å²) in [6.45, 7) is 0. The van der Waals surface area contributed by atoms with Gasteiger partial charge in [-0.05, 0) is 30.3 Å². The minimum absolute atomic E-state index is 0.0852. The summed E-state index contributed by atoms with van der Waals surface area (Å²) in [5.41, 5.74) is 2.71. The van der Waals surface area contributed by atoms with Gasteiger partial charge in [-0.2, -0.15) is 5.10 Å². The van der Waals surface area contributed by atoms with E-state index in [1.807, 2.05) is 12.1 Å². The lowest BCUT2D eigenvalue weighted by atomic mass is 10.2. The first kappa shape index (κ1) is 19.7. The molecule has 0 bridgehead atoms. The molecule has 2 aromatic carbocycles. The van der Waals surface area contributed by atoms with Crippen molar-refractivity contribution in [3.8, 4) is 5.75 Å². The lowest BCUT2D eigenvalue weighted by molar-refractivity contribution is -0.384. The number of hydrazone groups is 1. The van der Waals surface area contributed by atoms with Gasteiger partial charge in [0.25, 0.3) is 5.69 Å². The molecule has 0 radical (unpaired) electrons. The average molecular weight is 394 g/mol. The number of nitro groups is 1. The first-order chi connectivity index (χ1) is 12.5. The summed E-state index contributed by atoms with van der Waals surface area (Å²) in [6.07, 6.45) is 1.59. The number of halogens is 1. The van der Waals surface area contributed by atoms with Crippen LogP contribution in [0.5, 0.6) is 5.75 Å². The van der Waals surface area contributed by atoms with Gasteiger partial charge in [0.2, 0.25) is 5.91 Å². The van der Waals surface area contributed by atoms with Crippen LogP contribution in [0, 0.1) is 10.1 Å². The number of non-ortho nitro benzene ring substituents is 1. The highest BCUT2D eigenvalue weighted by Crippen LogP contribution is 2.22. The third-order valence-electron chi connectivity index (χ3n) is 3.23. The van der Waals surface area contributed by atoms with Crippen molar-refractivity contribution in [2.24, 2.45) is 5.10 Å². The van der Waals surface area contributed by atoms with Crippen LogP contribution in [-0.4, -0.2) is 29.9 Å². The molecule has 26 heavy (non-hydrogen) atoms. The van der Waals surface area contributed by atoms with E-state index < -0.39 is 4.92 Å². The number of ether oxygens (including phenoxy) is 1. The second-order valence-corrected chi connectivity index (χ2v) is 6.63. The van der Waals surface area contributed by atoms with E-state index in [2.05, 4.69) is 10.5 Å². The topological polar surface area (TPSA) is 93.8 Å². The van der Waals surface area contributed by atoms with Crippen LogP contribution in [0.1, 0.15) is 12.0 Å². The summed E-state index contributed by atoms with van der Waals surface area (Å²) in [6, 6.07) is 11.5. The van der Waals surface area contributed by atoms with Gasteiger partial charge in [-0.3, -0.25) is 14.9 Å². The zero-order valence-electron chi connectivity index (χ0n) is 13.8. The molecule has 9 heteroatoms. The molecule has 0 atom stereocenters. The van der Waals surface area contributed by atoms with E-state index in [1.54, 1.807) is 12.1 Å². The smallest absolute Gasteiger partial charge is 0.270 e. The maximum Gasteiger partial charge on any atom is 0.270 e. The van der Waals surface area contributed by atoms with Gasteiger partial charge in [-0.25, -0.2) is 5.43 Å². The SMILES string of the molecule is COc1ccc([N+](=O)[O-])cc1/C=N\NC(=O)CCSc1ccc(Cl)cc1. The Labute approximate surface area is 159 Å². The number of methoxy groups -OCH3 is 1. The minimum atomic E-state index is -0.511. The third kappa shape index (κ3) is 6.05. The van der Waals surface area contributed by atoms with Crippen molar-refractivity contribution < 1.29 is 14.5 Å². The van der Waals surface area contributed by atoms with Crippen LogP contribution in [-0.2, 0) is 4.79 Å². The Kier molecular flexibility index (Phi) is 7.43. The molecule has 7 nitrogen and oxygen atoms in total. The van der Waals surface area contributed by atoms with E-state index >= 15 is 0 Å². The number of nitrogens with zero attached hydrogens (tertiary/aromatic N) is 2. The van der Waals surface area contributed by atoms with Crippen molar-refractivity contribution >= 4 is 41.2 Å². The fraction of sp³-hybridized carbons (Fsp3) is 0.176. The molecule has 2 aromatic rings. The molecule has 0 heterocycles. The van der Waals surface area contributed by atoms with E-state index in [0.29, 0.717) is 22.1 Å². The van der Waals surface area contributed by atoms with Crippen LogP contribution in [0.3, 0.4) is 0 Å². The number of nitro benzene ring substituents is 1. The van der Waals surface area contributed by atoms with E-state index in [0.717, 1.165) is 4.90 Å². The number of hydrogen-bond acceptors (Lipinski definition) is 6. The molecule has 136 valence electrons. The van der Waals surface area contributed by atoms with Crippen LogP contribution in [0.15, 0.2) is 52.5 Å². The molecule has 0 unspecified atom stereocenters. The van der Waals surface area contributed by atoms with Gasteiger partial charge < -0.3 is 4.74 Å². The molecular formula is C17H16ClN3O4S.